The first-order valence-electron chi connectivity index (χ1n) is 6.30. The summed E-state index contributed by atoms with van der Waals surface area (Å²) in [6, 6.07) is 9.61. The maximum Gasteiger partial charge on any atom is 0.335 e. The fraction of sp³-hybridized carbons (Fsp3) is 0.125. The van der Waals surface area contributed by atoms with Crippen LogP contribution in [0.25, 0.3) is 0 Å². The highest BCUT2D eigenvalue weighted by Crippen LogP contribution is 2.24. The number of hydrogen-bond donors (Lipinski definition) is 2. The molecule has 0 aliphatic rings. The summed E-state index contributed by atoms with van der Waals surface area (Å²) in [5.74, 6) is -1.39. The van der Waals surface area contributed by atoms with Crippen molar-refractivity contribution < 1.29 is 14.7 Å². The van der Waals surface area contributed by atoms with Gasteiger partial charge in [-0.3, -0.25) is 4.79 Å². The maximum absolute atomic E-state index is 12.3. The van der Waals surface area contributed by atoms with E-state index in [1.807, 2.05) is 19.9 Å². The van der Waals surface area contributed by atoms with E-state index in [9.17, 15) is 9.59 Å². The Kier molecular flexibility index (Phi) is 4.29. The fourth-order valence-corrected chi connectivity index (χ4v) is 2.11. The van der Waals surface area contributed by atoms with Crippen molar-refractivity contribution in [2.24, 2.45) is 0 Å². The summed E-state index contributed by atoms with van der Waals surface area (Å²) in [5, 5.41) is 11.9. The number of anilines is 1. The Morgan fingerprint density at radius 2 is 1.86 bits per heavy atom. The average molecular weight is 304 g/mol. The van der Waals surface area contributed by atoms with Gasteiger partial charge in [-0.05, 0) is 49.2 Å². The second-order valence-electron chi connectivity index (χ2n) is 4.70. The average Bonchev–Trinajstić information content (AvgIpc) is 2.43. The van der Waals surface area contributed by atoms with Crippen LogP contribution in [0.5, 0.6) is 0 Å². The van der Waals surface area contributed by atoms with Crippen LogP contribution in [0.2, 0.25) is 5.02 Å². The first kappa shape index (κ1) is 15.1. The number of aryl methyl sites for hydroxylation is 1. The quantitative estimate of drug-likeness (QED) is 0.903. The molecule has 5 heteroatoms. The first-order chi connectivity index (χ1) is 9.90. The highest BCUT2D eigenvalue weighted by atomic mass is 35.5. The van der Waals surface area contributed by atoms with E-state index in [0.29, 0.717) is 10.6 Å². The second-order valence-corrected chi connectivity index (χ2v) is 5.11. The molecule has 0 bridgehead atoms. The molecule has 0 atom stereocenters. The van der Waals surface area contributed by atoms with E-state index >= 15 is 0 Å². The molecule has 0 saturated heterocycles. The maximum atomic E-state index is 12.3. The SMILES string of the molecule is Cc1cccc(C(=O)Nc2cc(C(=O)O)ccc2Cl)c1C. The predicted molar refractivity (Wildman–Crippen MR) is 82.3 cm³/mol. The van der Waals surface area contributed by atoms with E-state index in [2.05, 4.69) is 5.32 Å². The largest absolute Gasteiger partial charge is 0.478 e. The molecule has 0 heterocycles. The van der Waals surface area contributed by atoms with Gasteiger partial charge in [-0.25, -0.2) is 4.79 Å². The molecule has 2 aromatic rings. The fourth-order valence-electron chi connectivity index (χ4n) is 1.94. The minimum absolute atomic E-state index is 0.0654. The number of carboxylic acids is 1. The Morgan fingerprint density at radius 1 is 1.14 bits per heavy atom. The van der Waals surface area contributed by atoms with E-state index in [-0.39, 0.29) is 17.2 Å². The van der Waals surface area contributed by atoms with Crippen LogP contribution in [0, 0.1) is 13.8 Å². The van der Waals surface area contributed by atoms with Crippen LogP contribution in [-0.2, 0) is 0 Å². The molecular formula is C16H14ClNO3. The van der Waals surface area contributed by atoms with Crippen LogP contribution in [0.1, 0.15) is 31.8 Å². The molecule has 0 radical (unpaired) electrons. The number of nitrogens with one attached hydrogen (secondary N) is 1. The summed E-state index contributed by atoms with van der Waals surface area (Å²) in [4.78, 5) is 23.3. The van der Waals surface area contributed by atoms with Crippen molar-refractivity contribution in [3.8, 4) is 0 Å². The molecule has 4 nitrogen and oxygen atoms in total. The number of carbonyl (C=O) groups excluding carboxylic acids is 1. The number of carboxylic acid groups (broad SMARTS) is 1. The Hall–Kier alpha value is -2.33. The molecule has 0 aliphatic heterocycles. The van der Waals surface area contributed by atoms with Gasteiger partial charge in [-0.2, -0.15) is 0 Å². The van der Waals surface area contributed by atoms with Crippen molar-refractivity contribution in [3.05, 3.63) is 63.7 Å². The van der Waals surface area contributed by atoms with Crippen LogP contribution in [0.4, 0.5) is 5.69 Å². The Labute approximate surface area is 127 Å². The van der Waals surface area contributed by atoms with E-state index < -0.39 is 5.97 Å². The van der Waals surface area contributed by atoms with Crippen LogP contribution >= 0.6 is 11.6 Å². The molecule has 0 unspecified atom stereocenters. The van der Waals surface area contributed by atoms with Crippen molar-refractivity contribution in [1.82, 2.24) is 0 Å². The number of amides is 1. The second kappa shape index (κ2) is 5.97. The summed E-state index contributed by atoms with van der Waals surface area (Å²) in [7, 11) is 0. The molecular weight excluding hydrogens is 290 g/mol. The molecule has 2 N–H and O–H groups in total. The third-order valence-corrected chi connectivity index (χ3v) is 3.64. The van der Waals surface area contributed by atoms with Gasteiger partial charge in [0.2, 0.25) is 0 Å². The molecule has 1 amide bonds. The van der Waals surface area contributed by atoms with Gasteiger partial charge in [-0.1, -0.05) is 23.7 Å². The Balaban J connectivity index is 2.33. The van der Waals surface area contributed by atoms with Crippen molar-refractivity contribution in [2.45, 2.75) is 13.8 Å². The summed E-state index contributed by atoms with van der Waals surface area (Å²) >= 11 is 6.00. The van der Waals surface area contributed by atoms with Gasteiger partial charge in [-0.15, -0.1) is 0 Å². The van der Waals surface area contributed by atoms with Crippen LogP contribution in [0.3, 0.4) is 0 Å². The zero-order valence-corrected chi connectivity index (χ0v) is 12.4. The molecule has 0 fully saturated rings. The normalized spacial score (nSPS) is 10.2. The van der Waals surface area contributed by atoms with Gasteiger partial charge < -0.3 is 10.4 Å². The lowest BCUT2D eigenvalue weighted by Crippen LogP contribution is -2.14. The Morgan fingerprint density at radius 3 is 2.52 bits per heavy atom. The van der Waals surface area contributed by atoms with E-state index in [4.69, 9.17) is 16.7 Å². The van der Waals surface area contributed by atoms with E-state index in [1.165, 1.54) is 18.2 Å². The lowest BCUT2D eigenvalue weighted by molar-refractivity contribution is 0.0696. The van der Waals surface area contributed by atoms with E-state index in [1.54, 1.807) is 12.1 Å². The number of halogens is 1. The molecule has 0 saturated carbocycles. The minimum Gasteiger partial charge on any atom is -0.478 e. The van der Waals surface area contributed by atoms with Gasteiger partial charge in [0.1, 0.15) is 0 Å². The van der Waals surface area contributed by atoms with Crippen LogP contribution in [0.15, 0.2) is 36.4 Å². The molecule has 108 valence electrons. The van der Waals surface area contributed by atoms with Crippen molar-refractivity contribution >= 4 is 29.2 Å². The molecule has 0 aliphatic carbocycles. The van der Waals surface area contributed by atoms with Crippen molar-refractivity contribution in [3.63, 3.8) is 0 Å². The highest BCUT2D eigenvalue weighted by Gasteiger charge is 2.13. The van der Waals surface area contributed by atoms with Gasteiger partial charge in [0.05, 0.1) is 16.3 Å². The zero-order valence-electron chi connectivity index (χ0n) is 11.6. The summed E-state index contributed by atoms with van der Waals surface area (Å²) < 4.78 is 0. The smallest absolute Gasteiger partial charge is 0.335 e. The summed E-state index contributed by atoms with van der Waals surface area (Å²) in [6.45, 7) is 3.78. The molecule has 0 aromatic heterocycles. The van der Waals surface area contributed by atoms with Gasteiger partial charge >= 0.3 is 5.97 Å². The minimum atomic E-state index is -1.08. The summed E-state index contributed by atoms with van der Waals surface area (Å²) in [6.07, 6.45) is 0. The van der Waals surface area contributed by atoms with Gasteiger partial charge in [0.15, 0.2) is 0 Å². The third-order valence-electron chi connectivity index (χ3n) is 3.31. The van der Waals surface area contributed by atoms with Gasteiger partial charge in [0.25, 0.3) is 5.91 Å². The van der Waals surface area contributed by atoms with E-state index in [0.717, 1.165) is 11.1 Å². The molecule has 21 heavy (non-hydrogen) atoms. The molecule has 0 spiro atoms. The van der Waals surface area contributed by atoms with Crippen LogP contribution < -0.4 is 5.32 Å². The number of aromatic carboxylic acids is 1. The number of benzene rings is 2. The van der Waals surface area contributed by atoms with Gasteiger partial charge in [0, 0.05) is 5.56 Å². The monoisotopic (exact) mass is 303 g/mol. The number of rotatable bonds is 3. The lowest BCUT2D eigenvalue weighted by atomic mass is 10.0. The lowest BCUT2D eigenvalue weighted by Gasteiger charge is -2.11. The van der Waals surface area contributed by atoms with Crippen molar-refractivity contribution in [2.75, 3.05) is 5.32 Å². The standard InChI is InChI=1S/C16H14ClNO3/c1-9-4-3-5-12(10(9)2)15(19)18-14-8-11(16(20)21)6-7-13(14)17/h3-8H,1-2H3,(H,18,19)(H,20,21). The Bertz CT molecular complexity index is 725. The predicted octanol–water partition coefficient (Wildman–Crippen LogP) is 3.91. The molecule has 2 aromatic carbocycles. The number of carbonyl (C=O) groups is 2. The van der Waals surface area contributed by atoms with Crippen LogP contribution in [-0.4, -0.2) is 17.0 Å². The highest BCUT2D eigenvalue weighted by molar-refractivity contribution is 6.34. The zero-order chi connectivity index (χ0) is 15.6. The van der Waals surface area contributed by atoms with Crippen molar-refractivity contribution in [1.29, 1.82) is 0 Å². The summed E-state index contributed by atoms with van der Waals surface area (Å²) in [5.41, 5.74) is 2.76. The molecule has 2 rings (SSSR count). The third kappa shape index (κ3) is 3.23. The topological polar surface area (TPSA) is 66.4 Å². The number of hydrogen-bond acceptors (Lipinski definition) is 2. The first-order valence-corrected chi connectivity index (χ1v) is 6.68.